The number of benzene rings is 1. The van der Waals surface area contributed by atoms with E-state index in [1.165, 1.54) is 0 Å². The average molecular weight is 315 g/mol. The van der Waals surface area contributed by atoms with Crippen molar-refractivity contribution in [1.82, 2.24) is 9.38 Å². The minimum atomic E-state index is -0.950. The van der Waals surface area contributed by atoms with Gasteiger partial charge >= 0.3 is 5.97 Å². The van der Waals surface area contributed by atoms with Gasteiger partial charge in [-0.05, 0) is 48.6 Å². The fourth-order valence-corrected chi connectivity index (χ4v) is 3.04. The normalized spacial score (nSPS) is 11.0. The smallest absolute Gasteiger partial charge is 0.353 e. The molecule has 0 aliphatic heterocycles. The number of aromatic carboxylic acids is 1. The van der Waals surface area contributed by atoms with Crippen LogP contribution in [-0.2, 0) is 12.8 Å². The van der Waals surface area contributed by atoms with Gasteiger partial charge in [-0.3, -0.25) is 4.40 Å². The van der Waals surface area contributed by atoms with Gasteiger partial charge in [-0.1, -0.05) is 29.8 Å². The Hall–Kier alpha value is -2.33. The number of pyridine rings is 1. The van der Waals surface area contributed by atoms with Crippen molar-refractivity contribution in [3.63, 3.8) is 0 Å². The van der Waals surface area contributed by atoms with Crippen molar-refractivity contribution >= 4 is 23.2 Å². The van der Waals surface area contributed by atoms with E-state index in [1.807, 2.05) is 37.3 Å². The van der Waals surface area contributed by atoms with Gasteiger partial charge in [0, 0.05) is 17.4 Å². The molecule has 0 saturated heterocycles. The van der Waals surface area contributed by atoms with E-state index in [4.69, 9.17) is 11.6 Å². The third-order valence-corrected chi connectivity index (χ3v) is 4.20. The molecule has 0 fully saturated rings. The molecular weight excluding hydrogens is 300 g/mol. The molecule has 5 heteroatoms. The highest BCUT2D eigenvalue weighted by Crippen LogP contribution is 2.22. The van der Waals surface area contributed by atoms with Gasteiger partial charge in [-0.15, -0.1) is 0 Å². The molecular formula is C17H15ClN2O2. The van der Waals surface area contributed by atoms with Crippen LogP contribution in [-0.4, -0.2) is 20.5 Å². The molecule has 4 nitrogen and oxygen atoms in total. The lowest BCUT2D eigenvalue weighted by Gasteiger charge is -2.11. The lowest BCUT2D eigenvalue weighted by Crippen LogP contribution is -2.10. The number of carbonyl (C=O) groups is 1. The molecule has 3 rings (SSSR count). The first-order valence-electron chi connectivity index (χ1n) is 7.00. The zero-order chi connectivity index (χ0) is 15.7. The third kappa shape index (κ3) is 2.57. The number of halogens is 1. The van der Waals surface area contributed by atoms with Gasteiger partial charge in [-0.25, -0.2) is 9.78 Å². The molecule has 22 heavy (non-hydrogen) atoms. The number of hydrogen-bond acceptors (Lipinski definition) is 2. The molecule has 1 N–H and O–H groups in total. The Labute approximate surface area is 133 Å². The Morgan fingerprint density at radius 3 is 2.82 bits per heavy atom. The zero-order valence-corrected chi connectivity index (χ0v) is 12.8. The zero-order valence-electron chi connectivity index (χ0n) is 12.1. The molecule has 0 unspecified atom stereocenters. The van der Waals surface area contributed by atoms with Crippen LogP contribution in [0.1, 0.15) is 27.2 Å². The van der Waals surface area contributed by atoms with Crippen LogP contribution in [0.15, 0.2) is 42.7 Å². The number of hydrogen-bond donors (Lipinski definition) is 1. The molecule has 3 aromatic rings. The number of aryl methyl sites for hydroxylation is 2. The number of fused-ring (bicyclic) bond motifs is 1. The van der Waals surface area contributed by atoms with Gasteiger partial charge in [0.25, 0.3) is 0 Å². The van der Waals surface area contributed by atoms with Gasteiger partial charge in [0.1, 0.15) is 11.3 Å². The Kier molecular flexibility index (Phi) is 3.86. The Morgan fingerprint density at radius 1 is 1.27 bits per heavy atom. The lowest BCUT2D eigenvalue weighted by molar-refractivity contribution is 0.0687. The van der Waals surface area contributed by atoms with Crippen molar-refractivity contribution < 1.29 is 9.90 Å². The summed E-state index contributed by atoms with van der Waals surface area (Å²) >= 11 is 6.24. The molecule has 112 valence electrons. The summed E-state index contributed by atoms with van der Waals surface area (Å²) < 4.78 is 1.61. The predicted molar refractivity (Wildman–Crippen MR) is 85.7 cm³/mol. The molecule has 0 atom stereocenters. The summed E-state index contributed by atoms with van der Waals surface area (Å²) in [4.78, 5) is 15.7. The Morgan fingerprint density at radius 2 is 2.09 bits per heavy atom. The van der Waals surface area contributed by atoms with Crippen molar-refractivity contribution in [2.24, 2.45) is 0 Å². The van der Waals surface area contributed by atoms with Crippen LogP contribution in [0.4, 0.5) is 0 Å². The van der Waals surface area contributed by atoms with Crippen molar-refractivity contribution in [2.45, 2.75) is 19.8 Å². The summed E-state index contributed by atoms with van der Waals surface area (Å²) in [5.74, 6) is -0.950. The van der Waals surface area contributed by atoms with E-state index in [2.05, 4.69) is 4.98 Å². The second-order valence-corrected chi connectivity index (χ2v) is 5.61. The number of aromatic nitrogens is 2. The maximum atomic E-state index is 11.6. The van der Waals surface area contributed by atoms with Crippen molar-refractivity contribution in [3.8, 4) is 0 Å². The summed E-state index contributed by atoms with van der Waals surface area (Å²) in [7, 11) is 0. The molecule has 0 bridgehead atoms. The van der Waals surface area contributed by atoms with E-state index < -0.39 is 5.97 Å². The number of carboxylic acids is 1. The topological polar surface area (TPSA) is 54.6 Å². The summed E-state index contributed by atoms with van der Waals surface area (Å²) in [6, 6.07) is 9.46. The highest BCUT2D eigenvalue weighted by Gasteiger charge is 2.15. The number of carboxylic acid groups (broad SMARTS) is 1. The van der Waals surface area contributed by atoms with Gasteiger partial charge in [0.05, 0.1) is 0 Å². The standard InChI is InChI=1S/C17H15ClN2O2/c1-11-3-2-4-14(18)13(11)7-5-12-6-8-15-19-9-10-20(15)16(12)17(21)22/h2-4,6,8-10H,5,7H2,1H3,(H,21,22). The second-order valence-electron chi connectivity index (χ2n) is 5.20. The Bertz CT molecular complexity index is 835. The summed E-state index contributed by atoms with van der Waals surface area (Å²) in [6.45, 7) is 2.01. The summed E-state index contributed by atoms with van der Waals surface area (Å²) in [6.07, 6.45) is 4.58. The van der Waals surface area contributed by atoms with E-state index in [9.17, 15) is 9.90 Å². The maximum Gasteiger partial charge on any atom is 0.353 e. The second kappa shape index (κ2) is 5.81. The number of rotatable bonds is 4. The summed E-state index contributed by atoms with van der Waals surface area (Å²) in [5, 5.41) is 10.2. The van der Waals surface area contributed by atoms with Crippen molar-refractivity contribution in [1.29, 1.82) is 0 Å². The highest BCUT2D eigenvalue weighted by molar-refractivity contribution is 6.31. The SMILES string of the molecule is Cc1cccc(Cl)c1CCc1ccc2nccn2c1C(=O)O. The monoisotopic (exact) mass is 314 g/mol. The predicted octanol–water partition coefficient (Wildman–Crippen LogP) is 3.78. The number of nitrogens with zero attached hydrogens (tertiary/aromatic N) is 2. The molecule has 0 aliphatic rings. The minimum Gasteiger partial charge on any atom is -0.477 e. The van der Waals surface area contributed by atoms with E-state index in [-0.39, 0.29) is 5.69 Å². The van der Waals surface area contributed by atoms with Crippen LogP contribution in [0, 0.1) is 6.92 Å². The molecule has 2 heterocycles. The third-order valence-electron chi connectivity index (χ3n) is 3.85. The van der Waals surface area contributed by atoms with Crippen molar-refractivity contribution in [3.05, 3.63) is 70.1 Å². The van der Waals surface area contributed by atoms with Crippen LogP contribution < -0.4 is 0 Å². The molecule has 0 saturated carbocycles. The molecule has 0 aliphatic carbocycles. The van der Waals surface area contributed by atoms with Crippen LogP contribution in [0.2, 0.25) is 5.02 Å². The first-order chi connectivity index (χ1) is 10.6. The fourth-order valence-electron chi connectivity index (χ4n) is 2.72. The molecule has 0 spiro atoms. The quantitative estimate of drug-likeness (QED) is 0.797. The lowest BCUT2D eigenvalue weighted by atomic mass is 9.99. The Balaban J connectivity index is 1.97. The fraction of sp³-hybridized carbons (Fsp3) is 0.176. The van der Waals surface area contributed by atoms with E-state index in [1.54, 1.807) is 16.8 Å². The van der Waals surface area contributed by atoms with Crippen molar-refractivity contribution in [2.75, 3.05) is 0 Å². The molecule has 0 radical (unpaired) electrons. The first kappa shape index (κ1) is 14.6. The van der Waals surface area contributed by atoms with Gasteiger partial charge in [0.2, 0.25) is 0 Å². The van der Waals surface area contributed by atoms with Crippen LogP contribution in [0.3, 0.4) is 0 Å². The van der Waals surface area contributed by atoms with Crippen LogP contribution in [0.25, 0.3) is 5.65 Å². The number of imidazole rings is 1. The maximum absolute atomic E-state index is 11.6. The van der Waals surface area contributed by atoms with E-state index >= 15 is 0 Å². The van der Waals surface area contributed by atoms with Gasteiger partial charge in [-0.2, -0.15) is 0 Å². The average Bonchev–Trinajstić information content (AvgIpc) is 2.94. The molecule has 2 aromatic heterocycles. The summed E-state index contributed by atoms with van der Waals surface area (Å²) in [5.41, 5.74) is 3.85. The minimum absolute atomic E-state index is 0.264. The van der Waals surface area contributed by atoms with Gasteiger partial charge in [0.15, 0.2) is 0 Å². The molecule has 0 amide bonds. The largest absolute Gasteiger partial charge is 0.477 e. The van der Waals surface area contributed by atoms with E-state index in [0.29, 0.717) is 18.5 Å². The van der Waals surface area contributed by atoms with Crippen LogP contribution >= 0.6 is 11.6 Å². The van der Waals surface area contributed by atoms with E-state index in [0.717, 1.165) is 21.7 Å². The van der Waals surface area contributed by atoms with Crippen LogP contribution in [0.5, 0.6) is 0 Å². The first-order valence-corrected chi connectivity index (χ1v) is 7.38. The molecule has 1 aromatic carbocycles. The van der Waals surface area contributed by atoms with Gasteiger partial charge < -0.3 is 5.11 Å². The highest BCUT2D eigenvalue weighted by atomic mass is 35.5.